The molecule has 1 aromatic rings. The lowest BCUT2D eigenvalue weighted by Gasteiger charge is -2.28. The van der Waals surface area contributed by atoms with E-state index in [1.54, 1.807) is 11.9 Å². The molecule has 6 heteroatoms. The van der Waals surface area contributed by atoms with Gasteiger partial charge in [-0.25, -0.2) is 5.84 Å². The Hall–Kier alpha value is -1.92. The number of hydrazine groups is 1. The Kier molecular flexibility index (Phi) is 5.30. The minimum atomic E-state index is -0.567. The molecule has 2 rings (SSSR count). The van der Waals surface area contributed by atoms with Crippen LogP contribution in [0.4, 0.5) is 0 Å². The molecule has 114 valence electrons. The summed E-state index contributed by atoms with van der Waals surface area (Å²) < 4.78 is 0. The molecule has 6 nitrogen and oxygen atoms in total. The normalized spacial score (nSPS) is 16.0. The van der Waals surface area contributed by atoms with Gasteiger partial charge in [0.25, 0.3) is 5.91 Å². The lowest BCUT2D eigenvalue weighted by atomic mass is 10.1. The molecule has 0 saturated carbocycles. The highest BCUT2D eigenvalue weighted by Crippen LogP contribution is 2.19. The van der Waals surface area contributed by atoms with E-state index < -0.39 is 6.04 Å². The number of rotatable bonds is 5. The van der Waals surface area contributed by atoms with Gasteiger partial charge in [0.15, 0.2) is 0 Å². The van der Waals surface area contributed by atoms with Crippen molar-refractivity contribution in [3.8, 4) is 0 Å². The number of benzene rings is 1. The highest BCUT2D eigenvalue weighted by molar-refractivity contribution is 5.84. The predicted molar refractivity (Wildman–Crippen MR) is 80.0 cm³/mol. The zero-order chi connectivity index (χ0) is 15.2. The molecule has 0 bridgehead atoms. The van der Waals surface area contributed by atoms with Crippen molar-refractivity contribution in [2.75, 3.05) is 26.7 Å². The van der Waals surface area contributed by atoms with Crippen molar-refractivity contribution < 1.29 is 9.59 Å². The SMILES string of the molecule is CN(CC(=O)N1CCCC1)C(C(=O)NN)c1ccccc1. The van der Waals surface area contributed by atoms with Gasteiger partial charge in [-0.3, -0.25) is 19.9 Å². The summed E-state index contributed by atoms with van der Waals surface area (Å²) in [6, 6.07) is 8.76. The van der Waals surface area contributed by atoms with Gasteiger partial charge in [0.2, 0.25) is 5.91 Å². The van der Waals surface area contributed by atoms with E-state index in [4.69, 9.17) is 5.84 Å². The monoisotopic (exact) mass is 290 g/mol. The summed E-state index contributed by atoms with van der Waals surface area (Å²) in [7, 11) is 1.76. The summed E-state index contributed by atoms with van der Waals surface area (Å²) in [6.07, 6.45) is 2.11. The Labute approximate surface area is 124 Å². The second-order valence-corrected chi connectivity index (χ2v) is 5.32. The van der Waals surface area contributed by atoms with Crippen molar-refractivity contribution in [2.45, 2.75) is 18.9 Å². The molecule has 21 heavy (non-hydrogen) atoms. The van der Waals surface area contributed by atoms with Crippen molar-refractivity contribution >= 4 is 11.8 Å². The predicted octanol–water partition coefficient (Wildman–Crippen LogP) is 0.272. The van der Waals surface area contributed by atoms with Gasteiger partial charge in [-0.15, -0.1) is 0 Å². The number of hydrogen-bond donors (Lipinski definition) is 2. The maximum absolute atomic E-state index is 12.2. The lowest BCUT2D eigenvalue weighted by molar-refractivity contribution is -0.133. The Bertz CT molecular complexity index is 486. The molecule has 2 amide bonds. The third-order valence-electron chi connectivity index (χ3n) is 3.79. The molecular formula is C15H22N4O2. The smallest absolute Gasteiger partial charge is 0.255 e. The van der Waals surface area contributed by atoms with Crippen LogP contribution in [0.1, 0.15) is 24.4 Å². The van der Waals surface area contributed by atoms with Crippen LogP contribution in [-0.2, 0) is 9.59 Å². The fourth-order valence-electron chi connectivity index (χ4n) is 2.69. The van der Waals surface area contributed by atoms with Crippen molar-refractivity contribution in [1.29, 1.82) is 0 Å². The summed E-state index contributed by atoms with van der Waals surface area (Å²) in [5.41, 5.74) is 3.00. The highest BCUT2D eigenvalue weighted by atomic mass is 16.2. The highest BCUT2D eigenvalue weighted by Gasteiger charge is 2.28. The summed E-state index contributed by atoms with van der Waals surface area (Å²) in [6.45, 7) is 1.82. The average molecular weight is 290 g/mol. The van der Waals surface area contributed by atoms with E-state index >= 15 is 0 Å². The second-order valence-electron chi connectivity index (χ2n) is 5.32. The van der Waals surface area contributed by atoms with Gasteiger partial charge in [-0.1, -0.05) is 30.3 Å². The quantitative estimate of drug-likeness (QED) is 0.463. The molecule has 0 aromatic heterocycles. The number of amides is 2. The number of likely N-dealkylation sites (tertiary alicyclic amines) is 1. The maximum atomic E-state index is 12.2. The molecule has 1 aliphatic rings. The zero-order valence-electron chi connectivity index (χ0n) is 12.3. The van der Waals surface area contributed by atoms with Crippen LogP contribution in [0.15, 0.2) is 30.3 Å². The number of nitrogens with one attached hydrogen (secondary N) is 1. The van der Waals surface area contributed by atoms with Gasteiger partial charge in [-0.05, 0) is 25.5 Å². The largest absolute Gasteiger partial charge is 0.342 e. The fraction of sp³-hybridized carbons (Fsp3) is 0.467. The van der Waals surface area contributed by atoms with Gasteiger partial charge in [-0.2, -0.15) is 0 Å². The minimum absolute atomic E-state index is 0.0563. The first kappa shape index (κ1) is 15.5. The van der Waals surface area contributed by atoms with Crippen LogP contribution in [0, 0.1) is 0 Å². The van der Waals surface area contributed by atoms with Gasteiger partial charge >= 0.3 is 0 Å². The van der Waals surface area contributed by atoms with Crippen molar-refractivity contribution in [3.05, 3.63) is 35.9 Å². The number of nitrogens with zero attached hydrogens (tertiary/aromatic N) is 2. The minimum Gasteiger partial charge on any atom is -0.342 e. The van der Waals surface area contributed by atoms with Crippen LogP contribution >= 0.6 is 0 Å². The van der Waals surface area contributed by atoms with Crippen molar-refractivity contribution in [3.63, 3.8) is 0 Å². The standard InChI is InChI=1S/C15H22N4O2/c1-18(11-13(20)19-9-5-6-10-19)14(15(21)17-16)12-7-3-2-4-8-12/h2-4,7-8,14H,5-6,9-11,16H2,1H3,(H,17,21). The average Bonchev–Trinajstić information content (AvgIpc) is 3.02. The molecule has 0 radical (unpaired) electrons. The zero-order valence-corrected chi connectivity index (χ0v) is 12.3. The Morgan fingerprint density at radius 2 is 1.90 bits per heavy atom. The first-order valence-electron chi connectivity index (χ1n) is 7.17. The molecular weight excluding hydrogens is 268 g/mol. The van der Waals surface area contributed by atoms with Crippen LogP contribution in [0.5, 0.6) is 0 Å². The third-order valence-corrected chi connectivity index (χ3v) is 3.79. The lowest BCUT2D eigenvalue weighted by Crippen LogP contribution is -2.45. The molecule has 1 aliphatic heterocycles. The number of likely N-dealkylation sites (N-methyl/N-ethyl adjacent to an activating group) is 1. The number of nitrogens with two attached hydrogens (primary N) is 1. The molecule has 0 spiro atoms. The van der Waals surface area contributed by atoms with E-state index in [0.29, 0.717) is 0 Å². The third kappa shape index (κ3) is 3.80. The summed E-state index contributed by atoms with van der Waals surface area (Å²) >= 11 is 0. The van der Waals surface area contributed by atoms with Gasteiger partial charge in [0, 0.05) is 13.1 Å². The Morgan fingerprint density at radius 3 is 2.48 bits per heavy atom. The number of carbonyl (C=O) groups is 2. The molecule has 1 unspecified atom stereocenters. The van der Waals surface area contributed by atoms with Gasteiger partial charge in [0.1, 0.15) is 6.04 Å². The molecule has 1 fully saturated rings. The van der Waals surface area contributed by atoms with E-state index in [1.807, 2.05) is 35.2 Å². The Balaban J connectivity index is 2.09. The summed E-state index contributed by atoms with van der Waals surface area (Å²) in [4.78, 5) is 27.9. The van der Waals surface area contributed by atoms with Crippen molar-refractivity contribution in [2.24, 2.45) is 5.84 Å². The van der Waals surface area contributed by atoms with E-state index in [0.717, 1.165) is 31.5 Å². The Morgan fingerprint density at radius 1 is 1.29 bits per heavy atom. The van der Waals surface area contributed by atoms with Crippen LogP contribution in [0.3, 0.4) is 0 Å². The van der Waals surface area contributed by atoms with E-state index in [1.165, 1.54) is 0 Å². The topological polar surface area (TPSA) is 78.7 Å². The molecule has 1 atom stereocenters. The van der Waals surface area contributed by atoms with Crippen LogP contribution in [0.2, 0.25) is 0 Å². The molecule has 0 aliphatic carbocycles. The maximum Gasteiger partial charge on any atom is 0.255 e. The van der Waals surface area contributed by atoms with E-state index in [9.17, 15) is 9.59 Å². The molecule has 1 saturated heterocycles. The molecule has 1 heterocycles. The van der Waals surface area contributed by atoms with Crippen LogP contribution in [0.25, 0.3) is 0 Å². The van der Waals surface area contributed by atoms with Gasteiger partial charge < -0.3 is 4.90 Å². The van der Waals surface area contributed by atoms with Gasteiger partial charge in [0.05, 0.1) is 6.54 Å². The molecule has 3 N–H and O–H groups in total. The van der Waals surface area contributed by atoms with E-state index in [2.05, 4.69) is 5.43 Å². The first-order valence-corrected chi connectivity index (χ1v) is 7.17. The summed E-state index contributed by atoms with van der Waals surface area (Å²) in [5.74, 6) is 5.01. The van der Waals surface area contributed by atoms with Crippen LogP contribution < -0.4 is 11.3 Å². The second kappa shape index (κ2) is 7.19. The number of hydrogen-bond acceptors (Lipinski definition) is 4. The summed E-state index contributed by atoms with van der Waals surface area (Å²) in [5, 5.41) is 0. The first-order chi connectivity index (χ1) is 10.1. The number of carbonyl (C=O) groups excluding carboxylic acids is 2. The molecule has 1 aromatic carbocycles. The fourth-order valence-corrected chi connectivity index (χ4v) is 2.69. The van der Waals surface area contributed by atoms with E-state index in [-0.39, 0.29) is 18.4 Å². The van der Waals surface area contributed by atoms with Crippen molar-refractivity contribution in [1.82, 2.24) is 15.2 Å². The van der Waals surface area contributed by atoms with Crippen LogP contribution in [-0.4, -0.2) is 48.3 Å².